The number of halogens is 1. The minimum atomic E-state index is -1.01. The fraction of sp³-hybridized carbons (Fsp3) is 0.333. The van der Waals surface area contributed by atoms with Crippen LogP contribution in [0.4, 0.5) is 0 Å². The van der Waals surface area contributed by atoms with Crippen LogP contribution in [0.1, 0.15) is 31.7 Å². The first-order valence-corrected chi connectivity index (χ1v) is 6.87. The highest BCUT2D eigenvalue weighted by Gasteiger charge is 2.17. The number of hydrogen-bond acceptors (Lipinski definition) is 2. The first-order chi connectivity index (χ1) is 9.52. The fourth-order valence-electron chi connectivity index (χ4n) is 1.63. The van der Waals surface area contributed by atoms with Crippen LogP contribution in [0, 0.1) is 0 Å². The van der Waals surface area contributed by atoms with Gasteiger partial charge in [0.05, 0.1) is 0 Å². The van der Waals surface area contributed by atoms with Gasteiger partial charge < -0.3 is 10.4 Å². The maximum absolute atomic E-state index is 11.7. The summed E-state index contributed by atoms with van der Waals surface area (Å²) < 4.78 is 0. The third-order valence-corrected chi connectivity index (χ3v) is 3.01. The van der Waals surface area contributed by atoms with Crippen LogP contribution in [0.15, 0.2) is 30.3 Å². The molecule has 20 heavy (non-hydrogen) atoms. The zero-order chi connectivity index (χ0) is 15.0. The van der Waals surface area contributed by atoms with Crippen molar-refractivity contribution < 1.29 is 14.7 Å². The van der Waals surface area contributed by atoms with Gasteiger partial charge >= 0.3 is 5.97 Å². The standard InChI is InChI=1S/C15H18ClNO3/c1-2-3-4-13(15(19)20)17-14(18)10-7-11-5-8-12(16)9-6-11/h5-10,13H,2-4H2,1H3,(H,17,18)(H,19,20)/b10-7+/t13-/m0/s1. The SMILES string of the molecule is CCCC[C@H](NC(=O)/C=C/c1ccc(Cl)cc1)C(=O)O. The lowest BCUT2D eigenvalue weighted by Crippen LogP contribution is -2.39. The summed E-state index contributed by atoms with van der Waals surface area (Å²) in [4.78, 5) is 22.7. The molecule has 0 fully saturated rings. The minimum absolute atomic E-state index is 0.413. The van der Waals surface area contributed by atoms with E-state index in [0.717, 1.165) is 18.4 Å². The molecular formula is C15H18ClNO3. The van der Waals surface area contributed by atoms with Crippen LogP contribution in [0.25, 0.3) is 6.08 Å². The highest BCUT2D eigenvalue weighted by Crippen LogP contribution is 2.10. The van der Waals surface area contributed by atoms with E-state index >= 15 is 0 Å². The second kappa shape index (κ2) is 8.38. The van der Waals surface area contributed by atoms with Gasteiger partial charge in [-0.1, -0.05) is 43.5 Å². The molecule has 108 valence electrons. The largest absolute Gasteiger partial charge is 0.480 e. The topological polar surface area (TPSA) is 66.4 Å². The number of carboxylic acid groups (broad SMARTS) is 1. The number of rotatable bonds is 7. The van der Waals surface area contributed by atoms with Gasteiger partial charge in [-0.05, 0) is 30.2 Å². The Balaban J connectivity index is 2.56. The summed E-state index contributed by atoms with van der Waals surface area (Å²) in [5.41, 5.74) is 0.824. The van der Waals surface area contributed by atoms with Gasteiger partial charge in [0.25, 0.3) is 0 Å². The van der Waals surface area contributed by atoms with Gasteiger partial charge in [0.1, 0.15) is 6.04 Å². The summed E-state index contributed by atoms with van der Waals surface area (Å²) >= 11 is 5.76. The molecule has 0 aliphatic carbocycles. The van der Waals surface area contributed by atoms with Crippen LogP contribution < -0.4 is 5.32 Å². The smallest absolute Gasteiger partial charge is 0.326 e. The maximum Gasteiger partial charge on any atom is 0.326 e. The summed E-state index contributed by atoms with van der Waals surface area (Å²) in [6, 6.07) is 6.16. The Labute approximate surface area is 123 Å². The van der Waals surface area contributed by atoms with Crippen molar-refractivity contribution in [3.8, 4) is 0 Å². The number of aliphatic carboxylic acids is 1. The molecule has 0 aliphatic rings. The van der Waals surface area contributed by atoms with Gasteiger partial charge in [-0.3, -0.25) is 4.79 Å². The highest BCUT2D eigenvalue weighted by molar-refractivity contribution is 6.30. The molecule has 0 saturated carbocycles. The first kappa shape index (κ1) is 16.2. The predicted molar refractivity (Wildman–Crippen MR) is 79.6 cm³/mol. The van der Waals surface area contributed by atoms with E-state index in [1.165, 1.54) is 6.08 Å². The molecule has 1 amide bonds. The quantitative estimate of drug-likeness (QED) is 0.760. The Kier molecular flexibility index (Phi) is 6.81. The Morgan fingerprint density at radius 3 is 2.55 bits per heavy atom. The molecule has 0 spiro atoms. The molecule has 0 aromatic heterocycles. The predicted octanol–water partition coefficient (Wildman–Crippen LogP) is 3.11. The third kappa shape index (κ3) is 5.89. The number of nitrogens with one attached hydrogen (secondary N) is 1. The van der Waals surface area contributed by atoms with E-state index in [2.05, 4.69) is 5.32 Å². The Morgan fingerprint density at radius 2 is 2.00 bits per heavy atom. The molecule has 1 aromatic rings. The highest BCUT2D eigenvalue weighted by atomic mass is 35.5. The molecule has 5 heteroatoms. The van der Waals surface area contributed by atoms with Crippen molar-refractivity contribution in [2.24, 2.45) is 0 Å². The van der Waals surface area contributed by atoms with Crippen molar-refractivity contribution in [3.63, 3.8) is 0 Å². The van der Waals surface area contributed by atoms with E-state index in [-0.39, 0.29) is 0 Å². The van der Waals surface area contributed by atoms with Crippen molar-refractivity contribution in [1.82, 2.24) is 5.32 Å². The maximum atomic E-state index is 11.7. The number of hydrogen-bond donors (Lipinski definition) is 2. The molecule has 0 radical (unpaired) electrons. The monoisotopic (exact) mass is 295 g/mol. The molecule has 1 rings (SSSR count). The molecule has 2 N–H and O–H groups in total. The average molecular weight is 296 g/mol. The van der Waals surface area contributed by atoms with Gasteiger partial charge in [-0.2, -0.15) is 0 Å². The number of unbranched alkanes of at least 4 members (excludes halogenated alkanes) is 1. The molecule has 0 bridgehead atoms. The van der Waals surface area contributed by atoms with Crippen LogP contribution in [-0.4, -0.2) is 23.0 Å². The summed E-state index contributed by atoms with van der Waals surface area (Å²) in [7, 11) is 0. The lowest BCUT2D eigenvalue weighted by molar-refractivity contribution is -0.141. The van der Waals surface area contributed by atoms with Crippen LogP contribution in [-0.2, 0) is 9.59 Å². The van der Waals surface area contributed by atoms with Crippen LogP contribution >= 0.6 is 11.6 Å². The van der Waals surface area contributed by atoms with Crippen molar-refractivity contribution >= 4 is 29.6 Å². The first-order valence-electron chi connectivity index (χ1n) is 6.50. The van der Waals surface area contributed by atoms with Crippen LogP contribution in [0.2, 0.25) is 5.02 Å². The van der Waals surface area contributed by atoms with Crippen molar-refractivity contribution in [3.05, 3.63) is 40.9 Å². The number of carbonyl (C=O) groups is 2. The van der Waals surface area contributed by atoms with Gasteiger partial charge in [0, 0.05) is 11.1 Å². The number of amides is 1. The Bertz CT molecular complexity index is 482. The molecule has 0 unspecified atom stereocenters. The lowest BCUT2D eigenvalue weighted by Gasteiger charge is -2.12. The number of carboxylic acids is 1. The van der Waals surface area contributed by atoms with Crippen LogP contribution in [0.3, 0.4) is 0 Å². The molecule has 1 atom stereocenters. The molecule has 0 heterocycles. The van der Waals surface area contributed by atoms with Crippen molar-refractivity contribution in [2.75, 3.05) is 0 Å². The van der Waals surface area contributed by atoms with Crippen molar-refractivity contribution in [1.29, 1.82) is 0 Å². The van der Waals surface area contributed by atoms with E-state index < -0.39 is 17.9 Å². The second-order valence-corrected chi connectivity index (χ2v) is 4.86. The Morgan fingerprint density at radius 1 is 1.35 bits per heavy atom. The second-order valence-electron chi connectivity index (χ2n) is 4.43. The molecular weight excluding hydrogens is 278 g/mol. The fourth-order valence-corrected chi connectivity index (χ4v) is 1.76. The lowest BCUT2D eigenvalue weighted by atomic mass is 10.1. The summed E-state index contributed by atoms with van der Waals surface area (Å²) in [5.74, 6) is -1.42. The zero-order valence-corrected chi connectivity index (χ0v) is 12.1. The summed E-state index contributed by atoms with van der Waals surface area (Å²) in [6.45, 7) is 1.97. The van der Waals surface area contributed by atoms with E-state index in [9.17, 15) is 9.59 Å². The van der Waals surface area contributed by atoms with Gasteiger partial charge in [-0.15, -0.1) is 0 Å². The molecule has 4 nitrogen and oxygen atoms in total. The average Bonchev–Trinajstić information content (AvgIpc) is 2.42. The normalized spacial score (nSPS) is 12.3. The number of benzene rings is 1. The van der Waals surface area contributed by atoms with Crippen molar-refractivity contribution in [2.45, 2.75) is 32.2 Å². The summed E-state index contributed by atoms with van der Waals surface area (Å²) in [5, 5.41) is 12.1. The van der Waals surface area contributed by atoms with Gasteiger partial charge in [-0.25, -0.2) is 4.79 Å². The van der Waals surface area contributed by atoms with E-state index in [1.54, 1.807) is 30.3 Å². The van der Waals surface area contributed by atoms with E-state index in [4.69, 9.17) is 16.7 Å². The molecule has 1 aromatic carbocycles. The van der Waals surface area contributed by atoms with Crippen LogP contribution in [0.5, 0.6) is 0 Å². The van der Waals surface area contributed by atoms with E-state index in [0.29, 0.717) is 11.4 Å². The van der Waals surface area contributed by atoms with Gasteiger partial charge in [0.2, 0.25) is 5.91 Å². The Hall–Kier alpha value is -1.81. The number of carbonyl (C=O) groups excluding carboxylic acids is 1. The van der Waals surface area contributed by atoms with Gasteiger partial charge in [0.15, 0.2) is 0 Å². The molecule has 0 aliphatic heterocycles. The van der Waals surface area contributed by atoms with E-state index in [1.807, 2.05) is 6.92 Å². The summed E-state index contributed by atoms with van der Waals surface area (Å²) in [6.07, 6.45) is 5.03. The zero-order valence-electron chi connectivity index (χ0n) is 11.3. The minimum Gasteiger partial charge on any atom is -0.480 e. The third-order valence-electron chi connectivity index (χ3n) is 2.76. The molecule has 0 saturated heterocycles.